The van der Waals surface area contributed by atoms with Gasteiger partial charge in [0.1, 0.15) is 11.4 Å². The maximum absolute atomic E-state index is 13.2. The Morgan fingerprint density at radius 2 is 1.25 bits per heavy atom. The predicted octanol–water partition coefficient (Wildman–Crippen LogP) is 7.21. The van der Waals surface area contributed by atoms with Crippen molar-refractivity contribution in [3.63, 3.8) is 0 Å². The maximum atomic E-state index is 13.2. The van der Waals surface area contributed by atoms with Gasteiger partial charge in [-0.25, -0.2) is 0 Å². The first-order valence-corrected chi connectivity index (χ1v) is 16.9. The van der Waals surface area contributed by atoms with E-state index in [0.29, 0.717) is 6.61 Å². The van der Waals surface area contributed by atoms with Crippen molar-refractivity contribution in [2.75, 3.05) is 6.61 Å². The fourth-order valence-corrected chi connectivity index (χ4v) is 11.8. The quantitative estimate of drug-likeness (QED) is 0.115. The van der Waals surface area contributed by atoms with Crippen molar-refractivity contribution >= 4 is 36.4 Å². The first-order valence-electron chi connectivity index (χ1n) is 14.1. The average molecular weight is 567 g/mol. The van der Waals surface area contributed by atoms with Crippen molar-refractivity contribution in [3.05, 3.63) is 127 Å². The number of rotatable bonds is 10. The number of ether oxygens (including phenoxy) is 1. The SMILES string of the molecule is CC(C)(C)[Si](OCCC[C@H]1OC(=O)[C@H](Sc2ccccc2)[C@H]1c1ccccc1)(c1ccccc1)c1ccccc1. The van der Waals surface area contributed by atoms with Gasteiger partial charge >= 0.3 is 5.97 Å². The molecule has 1 aliphatic rings. The van der Waals surface area contributed by atoms with E-state index in [0.717, 1.165) is 23.3 Å². The number of thioether (sulfide) groups is 1. The molecule has 0 aliphatic carbocycles. The average Bonchev–Trinajstić information content (AvgIpc) is 3.28. The van der Waals surface area contributed by atoms with E-state index in [1.54, 1.807) is 11.8 Å². The molecule has 5 rings (SSSR count). The largest absolute Gasteiger partial charge is 0.461 e. The molecule has 206 valence electrons. The number of hydrogen-bond donors (Lipinski definition) is 0. The molecule has 40 heavy (non-hydrogen) atoms. The van der Waals surface area contributed by atoms with Crippen molar-refractivity contribution in [1.29, 1.82) is 0 Å². The first-order chi connectivity index (χ1) is 19.4. The summed E-state index contributed by atoms with van der Waals surface area (Å²) < 4.78 is 13.2. The number of cyclic esters (lactones) is 1. The molecule has 4 aromatic carbocycles. The fourth-order valence-electron chi connectivity index (χ4n) is 5.97. The second-order valence-corrected chi connectivity index (χ2v) is 16.9. The molecule has 0 aromatic heterocycles. The van der Waals surface area contributed by atoms with E-state index in [1.807, 2.05) is 36.4 Å². The van der Waals surface area contributed by atoms with Crippen LogP contribution in [-0.2, 0) is 14.0 Å². The minimum absolute atomic E-state index is 0.00762. The van der Waals surface area contributed by atoms with Gasteiger partial charge in [0.15, 0.2) is 0 Å². The Bertz CT molecular complexity index is 1320. The highest BCUT2D eigenvalue weighted by molar-refractivity contribution is 8.00. The van der Waals surface area contributed by atoms with Gasteiger partial charge in [-0.05, 0) is 45.9 Å². The van der Waals surface area contributed by atoms with Crippen LogP contribution in [0.15, 0.2) is 126 Å². The Morgan fingerprint density at radius 1 is 0.750 bits per heavy atom. The van der Waals surface area contributed by atoms with E-state index in [2.05, 4.69) is 106 Å². The lowest BCUT2D eigenvalue weighted by Crippen LogP contribution is -2.66. The van der Waals surface area contributed by atoms with Crippen LogP contribution in [0.2, 0.25) is 5.04 Å². The van der Waals surface area contributed by atoms with Gasteiger partial charge in [-0.3, -0.25) is 4.79 Å². The van der Waals surface area contributed by atoms with Gasteiger partial charge in [0.05, 0.1) is 0 Å². The highest BCUT2D eigenvalue weighted by atomic mass is 32.2. The zero-order chi connectivity index (χ0) is 28.0. The van der Waals surface area contributed by atoms with Crippen molar-refractivity contribution in [3.8, 4) is 0 Å². The molecule has 0 bridgehead atoms. The van der Waals surface area contributed by atoms with E-state index in [4.69, 9.17) is 9.16 Å². The highest BCUT2D eigenvalue weighted by Crippen LogP contribution is 2.44. The molecule has 0 N–H and O–H groups in total. The van der Waals surface area contributed by atoms with Gasteiger partial charge in [0, 0.05) is 17.4 Å². The second kappa shape index (κ2) is 12.6. The van der Waals surface area contributed by atoms with Crippen LogP contribution in [0.25, 0.3) is 0 Å². The van der Waals surface area contributed by atoms with Crippen LogP contribution in [0.3, 0.4) is 0 Å². The molecule has 3 nitrogen and oxygen atoms in total. The van der Waals surface area contributed by atoms with Crippen LogP contribution in [0.4, 0.5) is 0 Å². The van der Waals surface area contributed by atoms with Crippen LogP contribution in [-0.4, -0.2) is 32.2 Å². The molecule has 1 saturated heterocycles. The summed E-state index contributed by atoms with van der Waals surface area (Å²) in [6.45, 7) is 7.51. The summed E-state index contributed by atoms with van der Waals surface area (Å²) in [5.74, 6) is -0.132. The van der Waals surface area contributed by atoms with E-state index in [9.17, 15) is 4.79 Å². The van der Waals surface area contributed by atoms with E-state index < -0.39 is 8.32 Å². The molecule has 0 unspecified atom stereocenters. The topological polar surface area (TPSA) is 35.5 Å². The smallest absolute Gasteiger partial charge is 0.320 e. The van der Waals surface area contributed by atoms with Gasteiger partial charge in [0.2, 0.25) is 0 Å². The van der Waals surface area contributed by atoms with E-state index in [-0.39, 0.29) is 28.3 Å². The summed E-state index contributed by atoms with van der Waals surface area (Å²) in [6, 6.07) is 42.0. The Kier molecular flexibility index (Phi) is 8.94. The minimum Gasteiger partial charge on any atom is -0.461 e. The van der Waals surface area contributed by atoms with Crippen LogP contribution in [0.5, 0.6) is 0 Å². The molecule has 3 atom stereocenters. The molecule has 0 spiro atoms. The lowest BCUT2D eigenvalue weighted by Gasteiger charge is -2.43. The van der Waals surface area contributed by atoms with Gasteiger partial charge < -0.3 is 9.16 Å². The highest BCUT2D eigenvalue weighted by Gasteiger charge is 2.50. The molecule has 0 radical (unpaired) electrons. The van der Waals surface area contributed by atoms with Gasteiger partial charge in [-0.1, -0.05) is 130 Å². The number of hydrogen-bond acceptors (Lipinski definition) is 4. The molecule has 1 aliphatic heterocycles. The molecular formula is C35H38O3SSi. The second-order valence-electron chi connectivity index (χ2n) is 11.4. The molecule has 0 amide bonds. The van der Waals surface area contributed by atoms with Gasteiger partial charge in [-0.15, -0.1) is 11.8 Å². The van der Waals surface area contributed by atoms with E-state index in [1.165, 1.54) is 10.4 Å². The van der Waals surface area contributed by atoms with Crippen molar-refractivity contribution in [2.24, 2.45) is 0 Å². The van der Waals surface area contributed by atoms with Gasteiger partial charge in [-0.2, -0.15) is 0 Å². The summed E-state index contributed by atoms with van der Waals surface area (Å²) in [6.07, 6.45) is 1.39. The zero-order valence-electron chi connectivity index (χ0n) is 23.5. The molecule has 1 fully saturated rings. The number of carbonyl (C=O) groups is 1. The number of carbonyl (C=O) groups excluding carboxylic acids is 1. The van der Waals surface area contributed by atoms with Crippen LogP contribution in [0.1, 0.15) is 45.1 Å². The standard InChI is InChI=1S/C35H38O3SSi/c1-35(2,3)40(29-21-12-6-13-22-29,30-23-14-7-15-24-30)37-26-16-25-31-32(27-17-8-4-9-18-27)33(34(36)38-31)39-28-19-10-5-11-20-28/h4-15,17-24,31-33H,16,25-26H2,1-3H3/t31-,32+,33-/m1/s1. The monoisotopic (exact) mass is 566 g/mol. The number of benzene rings is 4. The summed E-state index contributed by atoms with van der Waals surface area (Å²) in [7, 11) is -2.60. The fraction of sp³-hybridized carbons (Fsp3) is 0.286. The van der Waals surface area contributed by atoms with Crippen LogP contribution >= 0.6 is 11.8 Å². The molecule has 1 heterocycles. The molecule has 0 saturated carbocycles. The zero-order valence-corrected chi connectivity index (χ0v) is 25.3. The predicted molar refractivity (Wildman–Crippen MR) is 168 cm³/mol. The third kappa shape index (κ3) is 5.97. The van der Waals surface area contributed by atoms with Gasteiger partial charge in [0.25, 0.3) is 8.32 Å². The maximum Gasteiger partial charge on any atom is 0.320 e. The Labute approximate surface area is 244 Å². The van der Waals surface area contributed by atoms with Crippen LogP contribution in [0, 0.1) is 0 Å². The molecule has 4 aromatic rings. The summed E-state index contributed by atoms with van der Waals surface area (Å²) >= 11 is 1.61. The van der Waals surface area contributed by atoms with Crippen molar-refractivity contribution < 1.29 is 14.0 Å². The van der Waals surface area contributed by atoms with E-state index >= 15 is 0 Å². The molecular weight excluding hydrogens is 529 g/mol. The lowest BCUT2D eigenvalue weighted by atomic mass is 9.90. The summed E-state index contributed by atoms with van der Waals surface area (Å²) in [4.78, 5) is 14.3. The number of esters is 1. The van der Waals surface area contributed by atoms with Crippen LogP contribution < -0.4 is 10.4 Å². The Hall–Kier alpha value is -3.12. The Morgan fingerprint density at radius 3 is 1.77 bits per heavy atom. The lowest BCUT2D eigenvalue weighted by molar-refractivity contribution is -0.141. The van der Waals surface area contributed by atoms with Crippen molar-refractivity contribution in [2.45, 2.75) is 60.8 Å². The summed E-state index contributed by atoms with van der Waals surface area (Å²) in [5, 5.41) is 2.22. The Balaban J connectivity index is 1.36. The van der Waals surface area contributed by atoms with Crippen molar-refractivity contribution in [1.82, 2.24) is 0 Å². The summed E-state index contributed by atoms with van der Waals surface area (Å²) in [5.41, 5.74) is 1.15. The first kappa shape index (κ1) is 28.4. The third-order valence-corrected chi connectivity index (χ3v) is 14.1. The normalized spacial score (nSPS) is 19.4. The minimum atomic E-state index is -2.60. The molecule has 5 heteroatoms. The third-order valence-electron chi connectivity index (χ3n) is 7.79.